The quantitative estimate of drug-likeness (QED) is 0.767. The lowest BCUT2D eigenvalue weighted by Gasteiger charge is -2.12. The number of aromatic nitrogens is 2. The van der Waals surface area contributed by atoms with Crippen LogP contribution >= 0.6 is 0 Å². The maximum absolute atomic E-state index is 5.71. The van der Waals surface area contributed by atoms with E-state index >= 15 is 0 Å². The Hall–Kier alpha value is -1.42. The van der Waals surface area contributed by atoms with Crippen LogP contribution in [0.15, 0.2) is 18.3 Å². The highest BCUT2D eigenvalue weighted by atomic mass is 16.5. The van der Waals surface area contributed by atoms with Crippen molar-refractivity contribution < 1.29 is 4.74 Å². The molecule has 0 aliphatic heterocycles. The van der Waals surface area contributed by atoms with E-state index in [0.29, 0.717) is 18.6 Å². The normalized spacial score (nSPS) is 15.4. The van der Waals surface area contributed by atoms with E-state index in [0.717, 1.165) is 23.8 Å². The van der Waals surface area contributed by atoms with E-state index < -0.39 is 0 Å². The average molecular weight is 261 g/mol. The second-order valence-corrected chi connectivity index (χ2v) is 5.23. The first-order chi connectivity index (χ1) is 9.20. The van der Waals surface area contributed by atoms with Crippen molar-refractivity contribution in [3.8, 4) is 5.75 Å². The Labute approximate surface area is 115 Å². The molecule has 0 atom stereocenters. The molecule has 1 heterocycles. The summed E-state index contributed by atoms with van der Waals surface area (Å²) in [4.78, 5) is 9.00. The number of hydrogen-bond acceptors (Lipinski definition) is 4. The Morgan fingerprint density at radius 2 is 2.26 bits per heavy atom. The zero-order chi connectivity index (χ0) is 13.7. The van der Waals surface area contributed by atoms with E-state index in [9.17, 15) is 0 Å². The summed E-state index contributed by atoms with van der Waals surface area (Å²) in [5.74, 6) is 2.01. The molecule has 1 aromatic rings. The van der Waals surface area contributed by atoms with Gasteiger partial charge in [0.15, 0.2) is 5.75 Å². The third-order valence-electron chi connectivity index (χ3n) is 3.07. The number of ether oxygens (including phenoxy) is 1. The highest BCUT2D eigenvalue weighted by Gasteiger charge is 2.21. The highest BCUT2D eigenvalue weighted by molar-refractivity contribution is 5.25. The number of hydrogen-bond donors (Lipinski definition) is 1. The predicted molar refractivity (Wildman–Crippen MR) is 76.3 cm³/mol. The third-order valence-corrected chi connectivity index (χ3v) is 3.07. The molecular weight excluding hydrogens is 238 g/mol. The number of nitrogens with zero attached hydrogens (tertiary/aromatic N) is 2. The number of rotatable bonds is 7. The summed E-state index contributed by atoms with van der Waals surface area (Å²) in [7, 11) is 0. The molecule has 1 N–H and O–H groups in total. The smallest absolute Gasteiger partial charge is 0.160 e. The molecule has 0 bridgehead atoms. The lowest BCUT2D eigenvalue weighted by Crippen LogP contribution is -2.18. The fraction of sp³-hybridized carbons (Fsp3) is 0.600. The van der Waals surface area contributed by atoms with E-state index in [1.54, 1.807) is 6.20 Å². The number of allylic oxidation sites excluding steroid dienone is 1. The zero-order valence-corrected chi connectivity index (χ0v) is 12.0. The standard InChI is InChI=1S/C15H23N3O/c1-4-5-8-19-14-10-17-15(11(2)3)18-13(14)9-16-12-6-7-12/h4-5,10-12,16H,6-9H2,1-3H3. The Kier molecular flexibility index (Phi) is 4.91. The summed E-state index contributed by atoms with van der Waals surface area (Å²) in [5, 5.41) is 3.48. The lowest BCUT2D eigenvalue weighted by molar-refractivity contribution is 0.352. The lowest BCUT2D eigenvalue weighted by atomic mass is 10.2. The van der Waals surface area contributed by atoms with Gasteiger partial charge in [0, 0.05) is 18.5 Å². The first-order valence-corrected chi connectivity index (χ1v) is 7.04. The molecule has 0 saturated heterocycles. The second kappa shape index (κ2) is 6.66. The molecule has 0 spiro atoms. The predicted octanol–water partition coefficient (Wildman–Crippen LogP) is 2.81. The fourth-order valence-electron chi connectivity index (χ4n) is 1.71. The van der Waals surface area contributed by atoms with Crippen LogP contribution < -0.4 is 10.1 Å². The summed E-state index contributed by atoms with van der Waals surface area (Å²) in [6.07, 6.45) is 8.31. The van der Waals surface area contributed by atoms with Crippen molar-refractivity contribution in [1.29, 1.82) is 0 Å². The van der Waals surface area contributed by atoms with Gasteiger partial charge < -0.3 is 10.1 Å². The topological polar surface area (TPSA) is 47.0 Å². The van der Waals surface area contributed by atoms with E-state index in [1.165, 1.54) is 12.8 Å². The van der Waals surface area contributed by atoms with Crippen molar-refractivity contribution in [2.24, 2.45) is 0 Å². The summed E-state index contributed by atoms with van der Waals surface area (Å²) in [6, 6.07) is 0.667. The van der Waals surface area contributed by atoms with Crippen LogP contribution in [-0.2, 0) is 6.54 Å². The van der Waals surface area contributed by atoms with Gasteiger partial charge in [0.1, 0.15) is 12.4 Å². The third kappa shape index (κ3) is 4.31. The second-order valence-electron chi connectivity index (χ2n) is 5.23. The summed E-state index contributed by atoms with van der Waals surface area (Å²) >= 11 is 0. The molecule has 0 amide bonds. The van der Waals surface area contributed by atoms with Crippen molar-refractivity contribution in [2.45, 2.75) is 52.1 Å². The molecule has 2 rings (SSSR count). The Bertz CT molecular complexity index is 439. The summed E-state index contributed by atoms with van der Waals surface area (Å²) < 4.78 is 5.71. The minimum absolute atomic E-state index is 0.337. The molecule has 4 nitrogen and oxygen atoms in total. The van der Waals surface area contributed by atoms with Gasteiger partial charge in [0.2, 0.25) is 0 Å². The molecule has 0 aromatic carbocycles. The van der Waals surface area contributed by atoms with Crippen LogP contribution in [0.2, 0.25) is 0 Å². The van der Waals surface area contributed by atoms with Gasteiger partial charge in [0.05, 0.1) is 11.9 Å². The largest absolute Gasteiger partial charge is 0.486 e. The van der Waals surface area contributed by atoms with Gasteiger partial charge in [-0.15, -0.1) is 0 Å². The van der Waals surface area contributed by atoms with Gasteiger partial charge in [-0.05, 0) is 19.8 Å². The molecule has 1 aliphatic carbocycles. The first-order valence-electron chi connectivity index (χ1n) is 7.04. The van der Waals surface area contributed by atoms with Crippen LogP contribution in [0, 0.1) is 0 Å². The van der Waals surface area contributed by atoms with Crippen molar-refractivity contribution in [1.82, 2.24) is 15.3 Å². The average Bonchev–Trinajstić information content (AvgIpc) is 3.21. The van der Waals surface area contributed by atoms with Crippen molar-refractivity contribution in [3.05, 3.63) is 29.9 Å². The summed E-state index contributed by atoms with van der Waals surface area (Å²) in [6.45, 7) is 7.52. The van der Waals surface area contributed by atoms with Gasteiger partial charge in [-0.25, -0.2) is 9.97 Å². The molecule has 104 valence electrons. The van der Waals surface area contributed by atoms with Gasteiger partial charge >= 0.3 is 0 Å². The van der Waals surface area contributed by atoms with Gasteiger partial charge in [-0.2, -0.15) is 0 Å². The van der Waals surface area contributed by atoms with E-state index in [-0.39, 0.29) is 0 Å². The molecule has 0 unspecified atom stereocenters. The first kappa shape index (κ1) is 14.0. The van der Waals surface area contributed by atoms with Crippen LogP contribution in [0.25, 0.3) is 0 Å². The van der Waals surface area contributed by atoms with E-state index in [4.69, 9.17) is 4.74 Å². The molecular formula is C15H23N3O. The van der Waals surface area contributed by atoms with Crippen LogP contribution in [0.3, 0.4) is 0 Å². The minimum atomic E-state index is 0.337. The molecule has 19 heavy (non-hydrogen) atoms. The molecule has 1 fully saturated rings. The van der Waals surface area contributed by atoms with Crippen LogP contribution in [0.4, 0.5) is 0 Å². The maximum Gasteiger partial charge on any atom is 0.160 e. The Morgan fingerprint density at radius 3 is 2.89 bits per heavy atom. The zero-order valence-electron chi connectivity index (χ0n) is 12.0. The van der Waals surface area contributed by atoms with Gasteiger partial charge in [-0.3, -0.25) is 0 Å². The molecule has 1 saturated carbocycles. The molecule has 1 aromatic heterocycles. The van der Waals surface area contributed by atoms with Crippen molar-refractivity contribution in [3.63, 3.8) is 0 Å². The molecule has 0 radical (unpaired) electrons. The monoisotopic (exact) mass is 261 g/mol. The van der Waals surface area contributed by atoms with Gasteiger partial charge in [0.25, 0.3) is 0 Å². The SMILES string of the molecule is CC=CCOc1cnc(C(C)C)nc1CNC1CC1. The summed E-state index contributed by atoms with van der Waals surface area (Å²) in [5.41, 5.74) is 0.968. The Morgan fingerprint density at radius 1 is 1.47 bits per heavy atom. The minimum Gasteiger partial charge on any atom is -0.486 e. The van der Waals surface area contributed by atoms with Crippen LogP contribution in [-0.4, -0.2) is 22.6 Å². The number of nitrogens with one attached hydrogen (secondary N) is 1. The van der Waals surface area contributed by atoms with Crippen molar-refractivity contribution >= 4 is 0 Å². The maximum atomic E-state index is 5.71. The van der Waals surface area contributed by atoms with E-state index in [1.807, 2.05) is 19.1 Å². The van der Waals surface area contributed by atoms with Crippen LogP contribution in [0.1, 0.15) is 51.0 Å². The van der Waals surface area contributed by atoms with Crippen LogP contribution in [0.5, 0.6) is 5.75 Å². The van der Waals surface area contributed by atoms with Crippen molar-refractivity contribution in [2.75, 3.05) is 6.61 Å². The molecule has 1 aliphatic rings. The Balaban J connectivity index is 2.08. The van der Waals surface area contributed by atoms with Gasteiger partial charge in [-0.1, -0.05) is 26.0 Å². The van der Waals surface area contributed by atoms with E-state index in [2.05, 4.69) is 29.1 Å². The fourth-order valence-corrected chi connectivity index (χ4v) is 1.71. The molecule has 4 heteroatoms. The highest BCUT2D eigenvalue weighted by Crippen LogP contribution is 2.22.